The van der Waals surface area contributed by atoms with Crippen molar-refractivity contribution in [2.45, 2.75) is 26.9 Å². The van der Waals surface area contributed by atoms with Gasteiger partial charge in [0, 0.05) is 5.69 Å². The molecule has 6 heteroatoms. The summed E-state index contributed by atoms with van der Waals surface area (Å²) in [5.41, 5.74) is 4.21. The summed E-state index contributed by atoms with van der Waals surface area (Å²) >= 11 is 0. The highest BCUT2D eigenvalue weighted by molar-refractivity contribution is 5.91. The molecule has 164 valence electrons. The van der Waals surface area contributed by atoms with E-state index in [0.29, 0.717) is 29.4 Å². The molecule has 0 saturated heterocycles. The Kier molecular flexibility index (Phi) is 7.71. The van der Waals surface area contributed by atoms with Crippen molar-refractivity contribution >= 4 is 11.6 Å². The van der Waals surface area contributed by atoms with Crippen molar-refractivity contribution in [1.82, 2.24) is 0 Å². The molecule has 0 heterocycles. The molecule has 0 unspecified atom stereocenters. The smallest absolute Gasteiger partial charge is 0.227 e. The van der Waals surface area contributed by atoms with Crippen LogP contribution >= 0.6 is 0 Å². The number of methoxy groups -OCH3 is 1. The zero-order valence-corrected chi connectivity index (χ0v) is 18.5. The molecule has 1 N–H and O–H groups in total. The molecule has 3 aromatic carbocycles. The molecule has 1 amide bonds. The number of amides is 1. The standard InChI is InChI=1S/C26H26N2O4/c1-18-7-10-24(25(13-18)30-3)31-12-11-26(29)28-23-9-8-22(14-19(23)2)32-17-21-6-4-5-20(15-21)16-27/h4-10,13-15H,11-12,17H2,1-3H3,(H,28,29). The molecule has 0 atom stereocenters. The lowest BCUT2D eigenvalue weighted by Crippen LogP contribution is -2.16. The molecule has 3 aromatic rings. The summed E-state index contributed by atoms with van der Waals surface area (Å²) in [4.78, 5) is 12.3. The number of aryl methyl sites for hydroxylation is 2. The Morgan fingerprint density at radius 3 is 2.59 bits per heavy atom. The number of carbonyl (C=O) groups is 1. The minimum absolute atomic E-state index is 0.138. The topological polar surface area (TPSA) is 80.6 Å². The van der Waals surface area contributed by atoms with Crippen LogP contribution in [0.3, 0.4) is 0 Å². The summed E-state index contributed by atoms with van der Waals surface area (Å²) in [6.45, 7) is 4.49. The number of carbonyl (C=O) groups excluding carboxylic acids is 1. The first kappa shape index (κ1) is 22.7. The fraction of sp³-hybridized carbons (Fsp3) is 0.231. The van der Waals surface area contributed by atoms with Gasteiger partial charge in [0.05, 0.1) is 31.8 Å². The van der Waals surface area contributed by atoms with Gasteiger partial charge in [-0.2, -0.15) is 5.26 Å². The maximum Gasteiger partial charge on any atom is 0.227 e. The van der Waals surface area contributed by atoms with Crippen LogP contribution in [0.1, 0.15) is 28.7 Å². The summed E-state index contributed by atoms with van der Waals surface area (Å²) in [6, 6.07) is 20.6. The second-order valence-electron chi connectivity index (χ2n) is 7.38. The number of rotatable bonds is 9. The average molecular weight is 431 g/mol. The third-order valence-electron chi connectivity index (χ3n) is 4.84. The second kappa shape index (κ2) is 10.9. The van der Waals surface area contributed by atoms with Gasteiger partial charge in [-0.3, -0.25) is 4.79 Å². The first-order valence-corrected chi connectivity index (χ1v) is 10.3. The molecule has 3 rings (SSSR count). The minimum atomic E-state index is -0.138. The fourth-order valence-corrected chi connectivity index (χ4v) is 3.12. The van der Waals surface area contributed by atoms with E-state index >= 15 is 0 Å². The van der Waals surface area contributed by atoms with Gasteiger partial charge in [-0.15, -0.1) is 0 Å². The first-order valence-electron chi connectivity index (χ1n) is 10.3. The van der Waals surface area contributed by atoms with Crippen molar-refractivity contribution in [1.29, 1.82) is 5.26 Å². The van der Waals surface area contributed by atoms with Crippen molar-refractivity contribution in [3.05, 3.63) is 82.9 Å². The number of nitriles is 1. The Balaban J connectivity index is 1.50. The SMILES string of the molecule is COc1cc(C)ccc1OCCC(=O)Nc1ccc(OCc2cccc(C#N)c2)cc1C. The van der Waals surface area contributed by atoms with Crippen LogP contribution in [0.5, 0.6) is 17.2 Å². The van der Waals surface area contributed by atoms with E-state index in [0.717, 1.165) is 22.4 Å². The van der Waals surface area contributed by atoms with Gasteiger partial charge in [0.1, 0.15) is 12.4 Å². The second-order valence-corrected chi connectivity index (χ2v) is 7.38. The molecule has 32 heavy (non-hydrogen) atoms. The molecule has 0 radical (unpaired) electrons. The van der Waals surface area contributed by atoms with Crippen molar-refractivity contribution in [2.75, 3.05) is 19.0 Å². The van der Waals surface area contributed by atoms with Gasteiger partial charge in [-0.25, -0.2) is 0 Å². The lowest BCUT2D eigenvalue weighted by Gasteiger charge is -2.13. The van der Waals surface area contributed by atoms with Crippen LogP contribution in [0.2, 0.25) is 0 Å². The Labute approximate surface area is 188 Å². The summed E-state index contributed by atoms with van der Waals surface area (Å²) in [7, 11) is 1.59. The molecule has 6 nitrogen and oxygen atoms in total. The van der Waals surface area contributed by atoms with Crippen LogP contribution in [0.4, 0.5) is 5.69 Å². The largest absolute Gasteiger partial charge is 0.493 e. The van der Waals surface area contributed by atoms with Gasteiger partial charge in [0.25, 0.3) is 0 Å². The molecular weight excluding hydrogens is 404 g/mol. The molecule has 0 aliphatic rings. The van der Waals surface area contributed by atoms with E-state index < -0.39 is 0 Å². The summed E-state index contributed by atoms with van der Waals surface area (Å²) in [5.74, 6) is 1.82. The maximum atomic E-state index is 12.3. The Morgan fingerprint density at radius 1 is 1.00 bits per heavy atom. The van der Waals surface area contributed by atoms with Gasteiger partial charge in [-0.05, 0) is 73.0 Å². The van der Waals surface area contributed by atoms with E-state index in [1.54, 1.807) is 19.2 Å². The van der Waals surface area contributed by atoms with Crippen LogP contribution in [0, 0.1) is 25.2 Å². The number of anilines is 1. The van der Waals surface area contributed by atoms with Crippen LogP contribution in [-0.2, 0) is 11.4 Å². The van der Waals surface area contributed by atoms with E-state index in [4.69, 9.17) is 19.5 Å². The molecule has 0 bridgehead atoms. The highest BCUT2D eigenvalue weighted by atomic mass is 16.5. The Hall–Kier alpha value is -3.98. The summed E-state index contributed by atoms with van der Waals surface area (Å²) in [5, 5.41) is 11.9. The monoisotopic (exact) mass is 430 g/mol. The molecular formula is C26H26N2O4. The predicted molar refractivity (Wildman–Crippen MR) is 123 cm³/mol. The number of hydrogen-bond donors (Lipinski definition) is 1. The van der Waals surface area contributed by atoms with Crippen molar-refractivity contribution in [3.63, 3.8) is 0 Å². The maximum absolute atomic E-state index is 12.3. The number of nitrogens with zero attached hydrogens (tertiary/aromatic N) is 1. The van der Waals surface area contributed by atoms with Gasteiger partial charge in [-0.1, -0.05) is 18.2 Å². The van der Waals surface area contributed by atoms with Crippen LogP contribution in [0.25, 0.3) is 0 Å². The van der Waals surface area contributed by atoms with Gasteiger partial charge >= 0.3 is 0 Å². The van der Waals surface area contributed by atoms with E-state index in [9.17, 15) is 4.79 Å². The Morgan fingerprint density at radius 2 is 1.84 bits per heavy atom. The lowest BCUT2D eigenvalue weighted by atomic mass is 10.1. The van der Waals surface area contributed by atoms with Crippen LogP contribution < -0.4 is 19.5 Å². The van der Waals surface area contributed by atoms with Crippen LogP contribution in [-0.4, -0.2) is 19.6 Å². The molecule has 0 aliphatic heterocycles. The van der Waals surface area contributed by atoms with E-state index in [-0.39, 0.29) is 18.9 Å². The van der Waals surface area contributed by atoms with Crippen molar-refractivity contribution in [2.24, 2.45) is 0 Å². The summed E-state index contributed by atoms with van der Waals surface area (Å²) < 4.78 is 16.8. The number of benzene rings is 3. The van der Waals surface area contributed by atoms with Crippen molar-refractivity contribution in [3.8, 4) is 23.3 Å². The Bertz CT molecular complexity index is 1130. The van der Waals surface area contributed by atoms with E-state index in [1.165, 1.54) is 0 Å². The van der Waals surface area contributed by atoms with Crippen molar-refractivity contribution < 1.29 is 19.0 Å². The van der Waals surface area contributed by atoms with Crippen LogP contribution in [0.15, 0.2) is 60.7 Å². The molecule has 0 saturated carbocycles. The quantitative estimate of drug-likeness (QED) is 0.506. The normalized spacial score (nSPS) is 10.2. The van der Waals surface area contributed by atoms with Gasteiger partial charge in [0.2, 0.25) is 5.91 Å². The lowest BCUT2D eigenvalue weighted by molar-refractivity contribution is -0.116. The number of ether oxygens (including phenoxy) is 3. The zero-order valence-electron chi connectivity index (χ0n) is 18.5. The van der Waals surface area contributed by atoms with E-state index in [2.05, 4.69) is 11.4 Å². The molecule has 0 fully saturated rings. The van der Waals surface area contributed by atoms with E-state index in [1.807, 2.05) is 62.4 Å². The molecule has 0 spiro atoms. The fourth-order valence-electron chi connectivity index (χ4n) is 3.12. The van der Waals surface area contributed by atoms with Gasteiger partial charge in [0.15, 0.2) is 11.5 Å². The minimum Gasteiger partial charge on any atom is -0.493 e. The molecule has 0 aromatic heterocycles. The first-order chi connectivity index (χ1) is 15.5. The predicted octanol–water partition coefficient (Wildman–Crippen LogP) is 5.17. The highest BCUT2D eigenvalue weighted by Gasteiger charge is 2.09. The highest BCUT2D eigenvalue weighted by Crippen LogP contribution is 2.28. The number of hydrogen-bond acceptors (Lipinski definition) is 5. The van der Waals surface area contributed by atoms with Gasteiger partial charge < -0.3 is 19.5 Å². The third-order valence-corrected chi connectivity index (χ3v) is 4.84. The molecule has 0 aliphatic carbocycles. The third kappa shape index (κ3) is 6.26. The zero-order chi connectivity index (χ0) is 22.9. The average Bonchev–Trinajstić information content (AvgIpc) is 2.80. The summed E-state index contributed by atoms with van der Waals surface area (Å²) in [6.07, 6.45) is 0.212. The number of nitrogens with one attached hydrogen (secondary N) is 1.